The highest BCUT2D eigenvalue weighted by atomic mass is 19.2. The third-order valence-electron chi connectivity index (χ3n) is 6.61. The molecule has 3 unspecified atom stereocenters. The van der Waals surface area contributed by atoms with Gasteiger partial charge in [0, 0.05) is 18.2 Å². The average Bonchev–Trinajstić information content (AvgIpc) is 3.52. The summed E-state index contributed by atoms with van der Waals surface area (Å²) in [6, 6.07) is 2.58. The molecular weight excluding hydrogens is 411 g/mol. The van der Waals surface area contributed by atoms with Gasteiger partial charge in [-0.05, 0) is 45.4 Å². The molecular formula is C21H24F3N5O2. The molecule has 1 saturated heterocycles. The predicted octanol–water partition coefficient (Wildman–Crippen LogP) is 2.53. The van der Waals surface area contributed by atoms with Crippen LogP contribution in [-0.2, 0) is 11.3 Å². The quantitative estimate of drug-likeness (QED) is 0.761. The van der Waals surface area contributed by atoms with Crippen molar-refractivity contribution in [2.75, 3.05) is 18.9 Å². The SMILES string of the molecule is C[C@H](NC(=O)C1(N2Cc3c(ccc(F)c3F)NC2=O)CC1)C1C(F)CC(C#N)CN1C. The van der Waals surface area contributed by atoms with E-state index in [0.29, 0.717) is 19.4 Å². The van der Waals surface area contributed by atoms with E-state index < -0.39 is 53.3 Å². The highest BCUT2D eigenvalue weighted by Crippen LogP contribution is 2.45. The molecule has 166 valence electrons. The second-order valence-corrected chi connectivity index (χ2v) is 8.71. The van der Waals surface area contributed by atoms with E-state index in [-0.39, 0.29) is 24.2 Å². The monoisotopic (exact) mass is 435 g/mol. The van der Waals surface area contributed by atoms with Gasteiger partial charge in [0.05, 0.1) is 30.3 Å². The van der Waals surface area contributed by atoms with Crippen molar-refractivity contribution in [3.05, 3.63) is 29.3 Å². The molecule has 0 spiro atoms. The second kappa shape index (κ2) is 7.71. The first-order chi connectivity index (χ1) is 14.7. The molecule has 4 rings (SSSR count). The summed E-state index contributed by atoms with van der Waals surface area (Å²) in [5.41, 5.74) is -1.01. The summed E-state index contributed by atoms with van der Waals surface area (Å²) < 4.78 is 42.6. The van der Waals surface area contributed by atoms with E-state index in [2.05, 4.69) is 16.7 Å². The lowest BCUT2D eigenvalue weighted by molar-refractivity contribution is -0.128. The number of nitrogens with zero attached hydrogens (tertiary/aromatic N) is 3. The molecule has 2 fully saturated rings. The molecule has 31 heavy (non-hydrogen) atoms. The molecule has 2 heterocycles. The minimum Gasteiger partial charge on any atom is -0.350 e. The number of urea groups is 1. The molecule has 0 radical (unpaired) electrons. The van der Waals surface area contributed by atoms with Gasteiger partial charge in [-0.3, -0.25) is 9.69 Å². The Bertz CT molecular complexity index is 949. The molecule has 1 saturated carbocycles. The lowest BCUT2D eigenvalue weighted by atomic mass is 9.89. The Labute approximate surface area is 178 Å². The van der Waals surface area contributed by atoms with Crippen molar-refractivity contribution in [2.45, 2.75) is 56.5 Å². The van der Waals surface area contributed by atoms with Crippen LogP contribution in [0.4, 0.5) is 23.7 Å². The van der Waals surface area contributed by atoms with Crippen LogP contribution in [0.25, 0.3) is 0 Å². The van der Waals surface area contributed by atoms with Crippen LogP contribution in [0.3, 0.4) is 0 Å². The maximum absolute atomic E-state index is 14.7. The zero-order chi connectivity index (χ0) is 22.5. The Balaban J connectivity index is 1.49. The van der Waals surface area contributed by atoms with Gasteiger partial charge in [-0.15, -0.1) is 0 Å². The highest BCUT2D eigenvalue weighted by Gasteiger charge is 2.58. The van der Waals surface area contributed by atoms with Crippen LogP contribution in [0, 0.1) is 28.9 Å². The molecule has 2 N–H and O–H groups in total. The summed E-state index contributed by atoms with van der Waals surface area (Å²) in [5.74, 6) is -2.93. The van der Waals surface area contributed by atoms with E-state index in [9.17, 15) is 22.8 Å². The Kier molecular flexibility index (Phi) is 5.33. The zero-order valence-electron chi connectivity index (χ0n) is 17.3. The first kappa shape index (κ1) is 21.4. The number of carbonyl (C=O) groups excluding carboxylic acids is 2. The van der Waals surface area contributed by atoms with E-state index in [4.69, 9.17) is 5.26 Å². The third kappa shape index (κ3) is 3.61. The van der Waals surface area contributed by atoms with E-state index in [1.807, 2.05) is 0 Å². The normalized spacial score (nSPS) is 28.2. The van der Waals surface area contributed by atoms with Gasteiger partial charge < -0.3 is 15.5 Å². The molecule has 7 nitrogen and oxygen atoms in total. The van der Waals surface area contributed by atoms with Gasteiger partial charge >= 0.3 is 6.03 Å². The van der Waals surface area contributed by atoms with E-state index in [0.717, 1.165) is 6.07 Å². The molecule has 1 aromatic carbocycles. The summed E-state index contributed by atoms with van der Waals surface area (Å²) in [4.78, 5) is 28.7. The lowest BCUT2D eigenvalue weighted by Gasteiger charge is -2.42. The van der Waals surface area contributed by atoms with Gasteiger partial charge in [0.15, 0.2) is 11.6 Å². The lowest BCUT2D eigenvalue weighted by Crippen LogP contribution is -2.61. The maximum Gasteiger partial charge on any atom is 0.323 e. The van der Waals surface area contributed by atoms with Gasteiger partial charge in [0.25, 0.3) is 0 Å². The molecule has 1 aliphatic carbocycles. The number of alkyl halides is 1. The van der Waals surface area contributed by atoms with Crippen LogP contribution in [-0.4, -0.2) is 59.1 Å². The Morgan fingerprint density at radius 3 is 2.71 bits per heavy atom. The number of likely N-dealkylation sites (tertiary alicyclic amines) is 1. The fourth-order valence-corrected chi connectivity index (χ4v) is 4.81. The number of fused-ring (bicyclic) bond motifs is 1. The number of carbonyl (C=O) groups is 2. The highest BCUT2D eigenvalue weighted by molar-refractivity contribution is 5.99. The Hall–Kier alpha value is -2.80. The second-order valence-electron chi connectivity index (χ2n) is 8.71. The third-order valence-corrected chi connectivity index (χ3v) is 6.61. The Morgan fingerprint density at radius 1 is 1.39 bits per heavy atom. The molecule has 3 amide bonds. The van der Waals surface area contributed by atoms with Crippen molar-refractivity contribution >= 4 is 17.6 Å². The molecule has 10 heteroatoms. The van der Waals surface area contributed by atoms with Crippen LogP contribution in [0.5, 0.6) is 0 Å². The minimum absolute atomic E-state index is 0.00916. The Morgan fingerprint density at radius 2 is 2.10 bits per heavy atom. The van der Waals surface area contributed by atoms with Crippen LogP contribution in [0.1, 0.15) is 31.7 Å². The number of rotatable bonds is 4. The summed E-state index contributed by atoms with van der Waals surface area (Å²) in [6.07, 6.45) is -0.425. The number of benzene rings is 1. The standard InChI is InChI=1S/C21H24F3N5O2/c1-11(18-15(23)7-12(8-25)9-28(18)2)26-19(30)21(5-6-21)29-10-13-16(27-20(29)31)4-3-14(22)17(13)24/h3-4,11-12,15,18H,5-7,9-10H2,1-2H3,(H,26,30)(H,27,31)/t11-,12?,15?,18?/m0/s1. The number of nitriles is 1. The van der Waals surface area contributed by atoms with Gasteiger partial charge in [-0.2, -0.15) is 5.26 Å². The van der Waals surface area contributed by atoms with Crippen molar-refractivity contribution in [3.8, 4) is 6.07 Å². The molecule has 2 aliphatic heterocycles. The van der Waals surface area contributed by atoms with Crippen LogP contribution in [0.15, 0.2) is 12.1 Å². The average molecular weight is 435 g/mol. The smallest absolute Gasteiger partial charge is 0.323 e. The summed E-state index contributed by atoms with van der Waals surface area (Å²) in [5, 5.41) is 14.4. The van der Waals surface area contributed by atoms with Gasteiger partial charge in [-0.1, -0.05) is 0 Å². The van der Waals surface area contributed by atoms with Crippen LogP contribution in [0.2, 0.25) is 0 Å². The maximum atomic E-state index is 14.7. The van der Waals surface area contributed by atoms with E-state index in [1.54, 1.807) is 18.9 Å². The van der Waals surface area contributed by atoms with Crippen molar-refractivity contribution in [1.29, 1.82) is 5.26 Å². The van der Waals surface area contributed by atoms with E-state index >= 15 is 0 Å². The fraction of sp³-hybridized carbons (Fsp3) is 0.571. The number of nitrogens with one attached hydrogen (secondary N) is 2. The van der Waals surface area contributed by atoms with Gasteiger partial charge in [0.1, 0.15) is 11.7 Å². The molecule has 0 aromatic heterocycles. The predicted molar refractivity (Wildman–Crippen MR) is 106 cm³/mol. The number of piperidine rings is 1. The minimum atomic E-state index is -1.28. The van der Waals surface area contributed by atoms with Crippen molar-refractivity contribution in [3.63, 3.8) is 0 Å². The van der Waals surface area contributed by atoms with Gasteiger partial charge in [-0.25, -0.2) is 18.0 Å². The van der Waals surface area contributed by atoms with Crippen LogP contribution >= 0.6 is 0 Å². The first-order valence-corrected chi connectivity index (χ1v) is 10.3. The number of amides is 3. The van der Waals surface area contributed by atoms with Crippen molar-refractivity contribution in [2.24, 2.45) is 5.92 Å². The zero-order valence-corrected chi connectivity index (χ0v) is 17.3. The summed E-state index contributed by atoms with van der Waals surface area (Å²) in [6.45, 7) is 1.86. The number of likely N-dealkylation sites (N-methyl/N-ethyl adjacent to an activating group) is 1. The van der Waals surface area contributed by atoms with Crippen molar-refractivity contribution in [1.82, 2.24) is 15.1 Å². The van der Waals surface area contributed by atoms with E-state index in [1.165, 1.54) is 11.0 Å². The topological polar surface area (TPSA) is 88.5 Å². The number of hydrogen-bond acceptors (Lipinski definition) is 4. The van der Waals surface area contributed by atoms with Crippen molar-refractivity contribution < 1.29 is 22.8 Å². The fourth-order valence-electron chi connectivity index (χ4n) is 4.81. The number of halogens is 3. The van der Waals surface area contributed by atoms with Crippen LogP contribution < -0.4 is 10.6 Å². The molecule has 0 bridgehead atoms. The largest absolute Gasteiger partial charge is 0.350 e. The molecule has 4 atom stereocenters. The van der Waals surface area contributed by atoms with Gasteiger partial charge in [0.2, 0.25) is 5.91 Å². The molecule has 1 aromatic rings. The summed E-state index contributed by atoms with van der Waals surface area (Å²) >= 11 is 0. The number of hydrogen-bond donors (Lipinski definition) is 2. The first-order valence-electron chi connectivity index (χ1n) is 10.3. The molecule has 3 aliphatic rings. The summed E-state index contributed by atoms with van der Waals surface area (Å²) in [7, 11) is 1.71. The number of anilines is 1.